The summed E-state index contributed by atoms with van der Waals surface area (Å²) in [4.78, 5) is 0. The van der Waals surface area contributed by atoms with E-state index in [0.29, 0.717) is 0 Å². The third kappa shape index (κ3) is 4.37. The average molecular weight is 205 g/mol. The van der Waals surface area contributed by atoms with Crippen LogP contribution < -0.4 is 5.32 Å². The maximum Gasteiger partial charge on any atom is 0.0340 e. The zero-order valence-electron chi connectivity index (χ0n) is 10.2. The normalized spacial score (nSPS) is 12.5. The highest BCUT2D eigenvalue weighted by Crippen LogP contribution is 2.14. The Hall–Kier alpha value is -0.980. The van der Waals surface area contributed by atoms with Gasteiger partial charge in [0.15, 0.2) is 0 Å². The van der Waals surface area contributed by atoms with Crippen LogP contribution in [-0.2, 0) is 0 Å². The predicted octanol–water partition coefficient (Wildman–Crippen LogP) is 4.23. The Balaban J connectivity index is 2.38. The van der Waals surface area contributed by atoms with Gasteiger partial charge < -0.3 is 5.32 Å². The Bertz CT molecular complexity index is 263. The van der Waals surface area contributed by atoms with Gasteiger partial charge in [-0.2, -0.15) is 0 Å². The van der Waals surface area contributed by atoms with Gasteiger partial charge in [0.25, 0.3) is 0 Å². The van der Waals surface area contributed by atoms with Crippen LogP contribution in [0.4, 0.5) is 5.69 Å². The van der Waals surface area contributed by atoms with Crippen molar-refractivity contribution in [1.82, 2.24) is 0 Å². The van der Waals surface area contributed by atoms with Crippen LogP contribution in [0.5, 0.6) is 0 Å². The van der Waals surface area contributed by atoms with Crippen LogP contribution in [0, 0.1) is 12.8 Å². The quantitative estimate of drug-likeness (QED) is 0.732. The molecule has 0 bridgehead atoms. The van der Waals surface area contributed by atoms with Crippen molar-refractivity contribution in [1.29, 1.82) is 0 Å². The molecule has 15 heavy (non-hydrogen) atoms. The second-order valence-corrected chi connectivity index (χ2v) is 4.31. The summed E-state index contributed by atoms with van der Waals surface area (Å²) in [5.41, 5.74) is 2.57. The SMILES string of the molecule is CCCC(CC)CNc1ccc(C)cc1. The molecule has 0 aliphatic carbocycles. The lowest BCUT2D eigenvalue weighted by Crippen LogP contribution is -2.13. The van der Waals surface area contributed by atoms with Crippen molar-refractivity contribution in [2.24, 2.45) is 5.92 Å². The summed E-state index contributed by atoms with van der Waals surface area (Å²) in [5, 5.41) is 3.51. The highest BCUT2D eigenvalue weighted by molar-refractivity contribution is 5.44. The molecule has 0 aliphatic rings. The first-order valence-corrected chi connectivity index (χ1v) is 6.06. The first-order chi connectivity index (χ1) is 7.26. The predicted molar refractivity (Wildman–Crippen MR) is 68.4 cm³/mol. The molecule has 0 fully saturated rings. The molecule has 0 saturated carbocycles. The van der Waals surface area contributed by atoms with Crippen molar-refractivity contribution in [2.45, 2.75) is 40.0 Å². The van der Waals surface area contributed by atoms with Crippen molar-refractivity contribution in [3.8, 4) is 0 Å². The lowest BCUT2D eigenvalue weighted by Gasteiger charge is -2.15. The number of rotatable bonds is 6. The molecule has 0 aliphatic heterocycles. The number of hydrogen-bond acceptors (Lipinski definition) is 1. The molecule has 1 aromatic rings. The fraction of sp³-hybridized carbons (Fsp3) is 0.571. The van der Waals surface area contributed by atoms with E-state index in [0.717, 1.165) is 12.5 Å². The van der Waals surface area contributed by atoms with Gasteiger partial charge in [0, 0.05) is 12.2 Å². The minimum atomic E-state index is 0.816. The van der Waals surface area contributed by atoms with E-state index in [1.165, 1.54) is 30.5 Å². The summed E-state index contributed by atoms with van der Waals surface area (Å²) in [6.45, 7) is 7.76. The summed E-state index contributed by atoms with van der Waals surface area (Å²) in [6.07, 6.45) is 3.89. The molecule has 1 atom stereocenters. The Morgan fingerprint density at radius 3 is 2.33 bits per heavy atom. The Morgan fingerprint density at radius 1 is 1.13 bits per heavy atom. The van der Waals surface area contributed by atoms with Gasteiger partial charge in [-0.3, -0.25) is 0 Å². The topological polar surface area (TPSA) is 12.0 Å². The fourth-order valence-corrected chi connectivity index (χ4v) is 1.79. The van der Waals surface area contributed by atoms with Gasteiger partial charge >= 0.3 is 0 Å². The van der Waals surface area contributed by atoms with E-state index in [9.17, 15) is 0 Å². The van der Waals surface area contributed by atoms with Gasteiger partial charge in [-0.1, -0.05) is 44.4 Å². The van der Waals surface area contributed by atoms with E-state index in [1.54, 1.807) is 0 Å². The van der Waals surface area contributed by atoms with Crippen molar-refractivity contribution in [2.75, 3.05) is 11.9 Å². The third-order valence-corrected chi connectivity index (χ3v) is 2.92. The molecule has 0 radical (unpaired) electrons. The monoisotopic (exact) mass is 205 g/mol. The first kappa shape index (κ1) is 12.1. The molecule has 1 heteroatoms. The molecule has 1 N–H and O–H groups in total. The molecule has 0 saturated heterocycles. The Labute approximate surface area is 93.9 Å². The first-order valence-electron chi connectivity index (χ1n) is 6.06. The summed E-state index contributed by atoms with van der Waals surface area (Å²) in [6, 6.07) is 8.63. The van der Waals surface area contributed by atoms with Crippen molar-refractivity contribution >= 4 is 5.69 Å². The van der Waals surface area contributed by atoms with Gasteiger partial charge in [0.2, 0.25) is 0 Å². The summed E-state index contributed by atoms with van der Waals surface area (Å²) >= 11 is 0. The molecule has 84 valence electrons. The molecule has 1 rings (SSSR count). The van der Waals surface area contributed by atoms with Crippen molar-refractivity contribution in [3.05, 3.63) is 29.8 Å². The van der Waals surface area contributed by atoms with E-state index < -0.39 is 0 Å². The zero-order valence-corrected chi connectivity index (χ0v) is 10.2. The lowest BCUT2D eigenvalue weighted by atomic mass is 10.0. The lowest BCUT2D eigenvalue weighted by molar-refractivity contribution is 0.488. The maximum absolute atomic E-state index is 3.51. The number of nitrogens with one attached hydrogen (secondary N) is 1. The number of aryl methyl sites for hydroxylation is 1. The Kier molecular flexibility index (Phi) is 5.23. The zero-order chi connectivity index (χ0) is 11.1. The fourth-order valence-electron chi connectivity index (χ4n) is 1.79. The highest BCUT2D eigenvalue weighted by Gasteiger charge is 2.03. The summed E-state index contributed by atoms with van der Waals surface area (Å²) < 4.78 is 0. The molecule has 1 nitrogen and oxygen atoms in total. The van der Waals surface area contributed by atoms with Crippen molar-refractivity contribution in [3.63, 3.8) is 0 Å². The molecule has 0 amide bonds. The molecule has 1 aromatic carbocycles. The van der Waals surface area contributed by atoms with Gasteiger partial charge in [-0.15, -0.1) is 0 Å². The van der Waals surface area contributed by atoms with Crippen LogP contribution in [0.2, 0.25) is 0 Å². The van der Waals surface area contributed by atoms with Crippen LogP contribution in [0.3, 0.4) is 0 Å². The van der Waals surface area contributed by atoms with Crippen LogP contribution in [0.25, 0.3) is 0 Å². The minimum Gasteiger partial charge on any atom is -0.385 e. The highest BCUT2D eigenvalue weighted by atomic mass is 14.9. The average Bonchev–Trinajstić information content (AvgIpc) is 2.26. The molecule has 1 unspecified atom stereocenters. The maximum atomic E-state index is 3.51. The van der Waals surface area contributed by atoms with Crippen LogP contribution in [0.15, 0.2) is 24.3 Å². The third-order valence-electron chi connectivity index (χ3n) is 2.92. The summed E-state index contributed by atoms with van der Waals surface area (Å²) in [7, 11) is 0. The Morgan fingerprint density at radius 2 is 1.80 bits per heavy atom. The van der Waals surface area contributed by atoms with Gasteiger partial charge in [-0.25, -0.2) is 0 Å². The number of anilines is 1. The molecular formula is C14H23N. The minimum absolute atomic E-state index is 0.816. The van der Waals surface area contributed by atoms with Crippen LogP contribution in [0.1, 0.15) is 38.7 Å². The van der Waals surface area contributed by atoms with Crippen LogP contribution >= 0.6 is 0 Å². The molecular weight excluding hydrogens is 182 g/mol. The largest absolute Gasteiger partial charge is 0.385 e. The van der Waals surface area contributed by atoms with E-state index in [4.69, 9.17) is 0 Å². The standard InChI is InChI=1S/C14H23N/c1-4-6-13(5-2)11-15-14-9-7-12(3)8-10-14/h7-10,13,15H,4-6,11H2,1-3H3. The second kappa shape index (κ2) is 6.49. The van der Waals surface area contributed by atoms with Gasteiger partial charge in [-0.05, 0) is 31.4 Å². The second-order valence-electron chi connectivity index (χ2n) is 4.31. The number of benzene rings is 1. The molecule has 0 aromatic heterocycles. The molecule has 0 heterocycles. The van der Waals surface area contributed by atoms with Crippen LogP contribution in [-0.4, -0.2) is 6.54 Å². The van der Waals surface area contributed by atoms with Gasteiger partial charge in [0.1, 0.15) is 0 Å². The summed E-state index contributed by atoms with van der Waals surface area (Å²) in [5.74, 6) is 0.816. The van der Waals surface area contributed by atoms with Crippen molar-refractivity contribution < 1.29 is 0 Å². The van der Waals surface area contributed by atoms with E-state index in [1.807, 2.05) is 0 Å². The van der Waals surface area contributed by atoms with E-state index >= 15 is 0 Å². The van der Waals surface area contributed by atoms with E-state index in [2.05, 4.69) is 50.4 Å². The van der Waals surface area contributed by atoms with Gasteiger partial charge in [0.05, 0.1) is 0 Å². The molecule has 0 spiro atoms. The smallest absolute Gasteiger partial charge is 0.0340 e. The van der Waals surface area contributed by atoms with E-state index in [-0.39, 0.29) is 0 Å². The number of hydrogen-bond donors (Lipinski definition) is 1.